The number of benzene rings is 2. The molecule has 7 N–H and O–H groups in total. The normalized spacial score (nSPS) is 17.6. The van der Waals surface area contributed by atoms with Crippen LogP contribution in [0.25, 0.3) is 0 Å². The van der Waals surface area contributed by atoms with E-state index in [0.717, 1.165) is 18.9 Å². The van der Waals surface area contributed by atoms with Gasteiger partial charge in [-0.3, -0.25) is 24.5 Å². The topological polar surface area (TPSA) is 217 Å². The zero-order valence-corrected chi connectivity index (χ0v) is 19.9. The molecule has 1 aliphatic rings. The van der Waals surface area contributed by atoms with Crippen molar-refractivity contribution in [2.24, 2.45) is 5.14 Å². The van der Waals surface area contributed by atoms with E-state index in [1.807, 2.05) is 0 Å². The number of nitrogens with one attached hydrogen (secondary N) is 3. The molecule has 1 fully saturated rings. The molecule has 2 unspecified atom stereocenters. The quantitative estimate of drug-likeness (QED) is 0.187. The maximum atomic E-state index is 12.7. The smallest absolute Gasteiger partial charge is 0.270 e. The highest BCUT2D eigenvalue weighted by Gasteiger charge is 2.28. The third-order valence-electron chi connectivity index (χ3n) is 5.78. The number of nitrogens with zero attached hydrogens (tertiary/aromatic N) is 1. The van der Waals surface area contributed by atoms with Gasteiger partial charge in [-0.25, -0.2) is 13.6 Å². The Bertz CT molecular complexity index is 1280. The Balaban J connectivity index is 1.58. The molecule has 1 aliphatic carbocycles. The number of hydrogen-bond donors (Lipinski definition) is 5. The first-order valence-electron chi connectivity index (χ1n) is 11.0. The minimum Gasteiger partial charge on any atom is -0.398 e. The van der Waals surface area contributed by atoms with Crippen LogP contribution in [0.5, 0.6) is 0 Å². The van der Waals surface area contributed by atoms with Crippen molar-refractivity contribution in [1.29, 1.82) is 0 Å². The molecule has 1 saturated carbocycles. The molecule has 0 heterocycles. The molecule has 3 rings (SSSR count). The standard InChI is InChI=1S/C22H26N6O7S/c23-17-10-7-14(28(32)33)11-16(17)22(31)25-12-20(29)26-18-3-1-2-4-19(18)27-21(30)13-5-8-15(9-6-13)36(24,34)35/h5-11,18-19H,1-4,12,23H2,(H,25,31)(H,26,29)(H,27,30)(H2,24,34,35). The molecule has 2 aromatic rings. The molecule has 0 bridgehead atoms. The summed E-state index contributed by atoms with van der Waals surface area (Å²) in [6.45, 7) is -0.396. The minimum absolute atomic E-state index is 0.0330. The summed E-state index contributed by atoms with van der Waals surface area (Å²) >= 11 is 0. The Hall–Kier alpha value is -4.04. The third kappa shape index (κ3) is 6.76. The lowest BCUT2D eigenvalue weighted by molar-refractivity contribution is -0.384. The number of nitrogens with two attached hydrogens (primary N) is 2. The number of rotatable bonds is 8. The van der Waals surface area contributed by atoms with Gasteiger partial charge < -0.3 is 21.7 Å². The van der Waals surface area contributed by atoms with Crippen LogP contribution in [0.2, 0.25) is 0 Å². The second kappa shape index (κ2) is 11.1. The summed E-state index contributed by atoms with van der Waals surface area (Å²) in [5.74, 6) is -1.67. The Morgan fingerprint density at radius 2 is 1.58 bits per heavy atom. The largest absolute Gasteiger partial charge is 0.398 e. The summed E-state index contributed by atoms with van der Waals surface area (Å²) in [6, 6.07) is 7.85. The zero-order chi connectivity index (χ0) is 26.5. The summed E-state index contributed by atoms with van der Waals surface area (Å²) in [5.41, 5.74) is 5.57. The summed E-state index contributed by atoms with van der Waals surface area (Å²) in [4.78, 5) is 47.7. The zero-order valence-electron chi connectivity index (χ0n) is 19.1. The number of nitro benzene ring substituents is 1. The van der Waals surface area contributed by atoms with Gasteiger partial charge >= 0.3 is 0 Å². The Morgan fingerprint density at radius 3 is 2.17 bits per heavy atom. The molecule has 0 saturated heterocycles. The highest BCUT2D eigenvalue weighted by Crippen LogP contribution is 2.21. The number of sulfonamides is 1. The molecule has 36 heavy (non-hydrogen) atoms. The molecule has 0 spiro atoms. The lowest BCUT2D eigenvalue weighted by atomic mass is 9.90. The molecule has 192 valence electrons. The van der Waals surface area contributed by atoms with Gasteiger partial charge in [0.2, 0.25) is 15.9 Å². The van der Waals surface area contributed by atoms with Crippen LogP contribution >= 0.6 is 0 Å². The molecule has 3 amide bonds. The van der Waals surface area contributed by atoms with Gasteiger partial charge in [0.15, 0.2) is 0 Å². The van der Waals surface area contributed by atoms with E-state index in [2.05, 4.69) is 16.0 Å². The van der Waals surface area contributed by atoms with Crippen molar-refractivity contribution in [3.8, 4) is 0 Å². The first-order chi connectivity index (χ1) is 17.0. The minimum atomic E-state index is -3.88. The van der Waals surface area contributed by atoms with E-state index >= 15 is 0 Å². The highest BCUT2D eigenvalue weighted by atomic mass is 32.2. The van der Waals surface area contributed by atoms with Gasteiger partial charge in [0.05, 0.1) is 21.9 Å². The summed E-state index contributed by atoms with van der Waals surface area (Å²) in [6.07, 6.45) is 2.89. The number of amides is 3. The monoisotopic (exact) mass is 518 g/mol. The third-order valence-corrected chi connectivity index (χ3v) is 6.70. The maximum absolute atomic E-state index is 12.7. The molecular formula is C22H26N6O7S. The van der Waals surface area contributed by atoms with Crippen LogP contribution in [0.3, 0.4) is 0 Å². The summed E-state index contributed by atoms with van der Waals surface area (Å²) < 4.78 is 22.8. The number of hydrogen-bond acceptors (Lipinski definition) is 8. The fourth-order valence-electron chi connectivity index (χ4n) is 3.89. The lowest BCUT2D eigenvalue weighted by Crippen LogP contribution is -2.54. The fraction of sp³-hybridized carbons (Fsp3) is 0.318. The van der Waals surface area contributed by atoms with Gasteiger partial charge in [-0.05, 0) is 43.2 Å². The predicted octanol–water partition coefficient (Wildman–Crippen LogP) is 0.412. The van der Waals surface area contributed by atoms with Crippen molar-refractivity contribution in [3.05, 3.63) is 63.7 Å². The van der Waals surface area contributed by atoms with E-state index in [1.54, 1.807) is 0 Å². The van der Waals surface area contributed by atoms with E-state index in [4.69, 9.17) is 10.9 Å². The number of carbonyl (C=O) groups is 3. The fourth-order valence-corrected chi connectivity index (χ4v) is 4.41. The van der Waals surface area contributed by atoms with E-state index < -0.39 is 45.3 Å². The molecule has 2 aromatic carbocycles. The van der Waals surface area contributed by atoms with Crippen LogP contribution in [-0.4, -0.2) is 49.7 Å². The molecule has 14 heteroatoms. The van der Waals surface area contributed by atoms with Crippen LogP contribution in [0.15, 0.2) is 47.4 Å². The highest BCUT2D eigenvalue weighted by molar-refractivity contribution is 7.89. The second-order valence-electron chi connectivity index (χ2n) is 8.32. The average molecular weight is 519 g/mol. The first-order valence-corrected chi connectivity index (χ1v) is 12.6. The van der Waals surface area contributed by atoms with Gasteiger partial charge in [-0.1, -0.05) is 12.8 Å². The van der Waals surface area contributed by atoms with Crippen LogP contribution in [0.4, 0.5) is 11.4 Å². The number of nitro groups is 1. The Morgan fingerprint density at radius 1 is 0.972 bits per heavy atom. The van der Waals surface area contributed by atoms with Crippen molar-refractivity contribution >= 4 is 39.1 Å². The number of nitrogen functional groups attached to an aromatic ring is 1. The summed E-state index contributed by atoms with van der Waals surface area (Å²) in [7, 11) is -3.88. The Kier molecular flexibility index (Phi) is 8.22. The number of anilines is 1. The maximum Gasteiger partial charge on any atom is 0.270 e. The van der Waals surface area contributed by atoms with Crippen molar-refractivity contribution in [1.82, 2.24) is 16.0 Å². The SMILES string of the molecule is Nc1ccc([N+](=O)[O-])cc1C(=O)NCC(=O)NC1CCCCC1NC(=O)c1ccc(S(N)(=O)=O)cc1. The van der Waals surface area contributed by atoms with E-state index in [0.29, 0.717) is 12.8 Å². The van der Waals surface area contributed by atoms with Crippen LogP contribution in [0, 0.1) is 10.1 Å². The number of carbonyl (C=O) groups excluding carboxylic acids is 3. The average Bonchev–Trinajstić information content (AvgIpc) is 2.83. The lowest BCUT2D eigenvalue weighted by Gasteiger charge is -2.33. The molecule has 0 aromatic heterocycles. The van der Waals surface area contributed by atoms with Crippen LogP contribution in [-0.2, 0) is 14.8 Å². The molecule has 13 nitrogen and oxygen atoms in total. The van der Waals surface area contributed by atoms with Gasteiger partial charge in [-0.2, -0.15) is 0 Å². The van der Waals surface area contributed by atoms with E-state index in [1.165, 1.54) is 36.4 Å². The molecule has 0 radical (unpaired) electrons. The van der Waals surface area contributed by atoms with Gasteiger partial charge in [0, 0.05) is 35.5 Å². The number of primary sulfonamides is 1. The predicted molar refractivity (Wildman–Crippen MR) is 129 cm³/mol. The van der Waals surface area contributed by atoms with Crippen LogP contribution in [0.1, 0.15) is 46.4 Å². The summed E-state index contributed by atoms with van der Waals surface area (Å²) in [5, 5.41) is 24.1. The molecular weight excluding hydrogens is 492 g/mol. The molecule has 2 atom stereocenters. The number of non-ortho nitro benzene ring substituents is 1. The van der Waals surface area contributed by atoms with Crippen molar-refractivity contribution in [2.45, 2.75) is 42.7 Å². The van der Waals surface area contributed by atoms with Crippen LogP contribution < -0.4 is 26.8 Å². The molecule has 0 aliphatic heterocycles. The first kappa shape index (κ1) is 26.6. The van der Waals surface area contributed by atoms with Gasteiger partial charge in [0.25, 0.3) is 17.5 Å². The van der Waals surface area contributed by atoms with Crippen molar-refractivity contribution < 1.29 is 27.7 Å². The van der Waals surface area contributed by atoms with E-state index in [9.17, 15) is 32.9 Å². The Labute approximate surface area is 206 Å². The van der Waals surface area contributed by atoms with Crippen molar-refractivity contribution in [3.63, 3.8) is 0 Å². The van der Waals surface area contributed by atoms with Gasteiger partial charge in [-0.15, -0.1) is 0 Å². The van der Waals surface area contributed by atoms with E-state index in [-0.39, 0.29) is 33.4 Å². The van der Waals surface area contributed by atoms with Gasteiger partial charge in [0.1, 0.15) is 0 Å². The second-order valence-corrected chi connectivity index (χ2v) is 9.88. The van der Waals surface area contributed by atoms with Crippen molar-refractivity contribution in [2.75, 3.05) is 12.3 Å².